The number of benzene rings is 2. The van der Waals surface area contributed by atoms with Crippen molar-refractivity contribution >= 4 is 31.6 Å². The smallest absolute Gasteiger partial charge is 0.240 e. The second-order valence-electron chi connectivity index (χ2n) is 4.90. The fourth-order valence-corrected chi connectivity index (χ4v) is 3.56. The molecular weight excluding hydrogens is 352 g/mol. The largest absolute Gasteiger partial charge is 0.398 e. The van der Waals surface area contributed by atoms with Crippen LogP contribution in [-0.2, 0) is 16.4 Å². The highest BCUT2D eigenvalue weighted by atomic mass is 79.9. The lowest BCUT2D eigenvalue weighted by Crippen LogP contribution is -2.34. The summed E-state index contributed by atoms with van der Waals surface area (Å²) in [7, 11) is -3.57. The molecule has 3 N–H and O–H groups in total. The van der Waals surface area contributed by atoms with Crippen LogP contribution < -0.4 is 10.5 Å². The summed E-state index contributed by atoms with van der Waals surface area (Å²) in [6.07, 6.45) is 0.631. The number of nitrogens with one attached hydrogen (secondary N) is 1. The Labute approximate surface area is 133 Å². The Morgan fingerprint density at radius 3 is 2.48 bits per heavy atom. The first-order valence-corrected chi connectivity index (χ1v) is 8.77. The Hall–Kier alpha value is -1.37. The molecule has 0 heterocycles. The van der Waals surface area contributed by atoms with E-state index in [9.17, 15) is 8.42 Å². The van der Waals surface area contributed by atoms with Crippen LogP contribution in [0.25, 0.3) is 0 Å². The van der Waals surface area contributed by atoms with Gasteiger partial charge in [-0.25, -0.2) is 13.1 Å². The molecule has 0 aliphatic rings. The first-order chi connectivity index (χ1) is 9.88. The van der Waals surface area contributed by atoms with Gasteiger partial charge < -0.3 is 5.73 Å². The first-order valence-electron chi connectivity index (χ1n) is 6.50. The van der Waals surface area contributed by atoms with E-state index in [0.717, 1.165) is 5.56 Å². The molecule has 0 saturated heterocycles. The topological polar surface area (TPSA) is 72.2 Å². The van der Waals surface area contributed by atoms with Crippen LogP contribution >= 0.6 is 15.9 Å². The molecule has 0 amide bonds. The molecule has 0 bridgehead atoms. The molecule has 0 spiro atoms. The quantitative estimate of drug-likeness (QED) is 0.796. The molecule has 2 aromatic carbocycles. The molecule has 4 nitrogen and oxygen atoms in total. The average molecular weight is 369 g/mol. The summed E-state index contributed by atoms with van der Waals surface area (Å²) >= 11 is 3.25. The summed E-state index contributed by atoms with van der Waals surface area (Å²) in [5.41, 5.74) is 7.22. The highest BCUT2D eigenvalue weighted by Crippen LogP contribution is 2.23. The molecule has 6 heteroatoms. The third-order valence-electron chi connectivity index (χ3n) is 3.02. The SMILES string of the molecule is CC(Cc1ccccc1)NS(=O)(=O)c1ccc(Br)c(N)c1. The summed E-state index contributed by atoms with van der Waals surface area (Å²) in [5.74, 6) is 0. The van der Waals surface area contributed by atoms with Crippen molar-refractivity contribution in [2.24, 2.45) is 0 Å². The van der Waals surface area contributed by atoms with Gasteiger partial charge in [0, 0.05) is 16.2 Å². The molecule has 0 fully saturated rings. The lowest BCUT2D eigenvalue weighted by molar-refractivity contribution is 0.560. The Balaban J connectivity index is 2.11. The monoisotopic (exact) mass is 368 g/mol. The van der Waals surface area contributed by atoms with Crippen molar-refractivity contribution < 1.29 is 8.42 Å². The maximum Gasteiger partial charge on any atom is 0.240 e. The van der Waals surface area contributed by atoms with Crippen LogP contribution in [0.15, 0.2) is 57.9 Å². The maximum absolute atomic E-state index is 12.3. The van der Waals surface area contributed by atoms with E-state index < -0.39 is 10.0 Å². The number of nitrogens with two attached hydrogens (primary N) is 1. The zero-order valence-electron chi connectivity index (χ0n) is 11.6. The van der Waals surface area contributed by atoms with Gasteiger partial charge in [-0.2, -0.15) is 0 Å². The van der Waals surface area contributed by atoms with Crippen LogP contribution in [0.5, 0.6) is 0 Å². The minimum Gasteiger partial charge on any atom is -0.398 e. The van der Waals surface area contributed by atoms with Crippen LogP contribution in [0.3, 0.4) is 0 Å². The average Bonchev–Trinajstić information content (AvgIpc) is 2.42. The molecule has 0 radical (unpaired) electrons. The van der Waals surface area contributed by atoms with Crippen LogP contribution in [-0.4, -0.2) is 14.5 Å². The number of hydrogen-bond donors (Lipinski definition) is 2. The molecule has 1 unspecified atom stereocenters. The number of halogens is 1. The Morgan fingerprint density at radius 2 is 1.86 bits per heavy atom. The number of hydrogen-bond acceptors (Lipinski definition) is 3. The van der Waals surface area contributed by atoms with Gasteiger partial charge >= 0.3 is 0 Å². The van der Waals surface area contributed by atoms with Crippen molar-refractivity contribution in [1.29, 1.82) is 0 Å². The zero-order chi connectivity index (χ0) is 15.5. The van der Waals surface area contributed by atoms with Gasteiger partial charge in [-0.1, -0.05) is 30.3 Å². The molecule has 2 aromatic rings. The highest BCUT2D eigenvalue weighted by molar-refractivity contribution is 9.10. The van der Waals surface area contributed by atoms with Crippen LogP contribution in [0.1, 0.15) is 12.5 Å². The van der Waals surface area contributed by atoms with E-state index >= 15 is 0 Å². The van der Waals surface area contributed by atoms with E-state index in [-0.39, 0.29) is 10.9 Å². The van der Waals surface area contributed by atoms with Crippen molar-refractivity contribution in [3.8, 4) is 0 Å². The van der Waals surface area contributed by atoms with E-state index in [1.54, 1.807) is 6.07 Å². The van der Waals surface area contributed by atoms with Gasteiger partial charge in [0.25, 0.3) is 0 Å². The number of nitrogen functional groups attached to an aromatic ring is 1. The molecule has 0 aliphatic carbocycles. The fourth-order valence-electron chi connectivity index (χ4n) is 2.03. The van der Waals surface area contributed by atoms with Crippen LogP contribution in [0.4, 0.5) is 5.69 Å². The molecular formula is C15H17BrN2O2S. The van der Waals surface area contributed by atoms with Gasteiger partial charge in [0.2, 0.25) is 10.0 Å². The number of rotatable bonds is 5. The van der Waals surface area contributed by atoms with Gasteiger partial charge in [-0.05, 0) is 53.0 Å². The van der Waals surface area contributed by atoms with Crippen molar-refractivity contribution in [2.45, 2.75) is 24.3 Å². The predicted molar refractivity (Wildman–Crippen MR) is 88.5 cm³/mol. The summed E-state index contributed by atoms with van der Waals surface area (Å²) < 4.78 is 28.0. The van der Waals surface area contributed by atoms with E-state index in [4.69, 9.17) is 5.73 Å². The summed E-state index contributed by atoms with van der Waals surface area (Å²) in [5, 5.41) is 0. The molecule has 0 aromatic heterocycles. The second-order valence-corrected chi connectivity index (χ2v) is 7.46. The molecule has 0 aliphatic heterocycles. The highest BCUT2D eigenvalue weighted by Gasteiger charge is 2.18. The van der Waals surface area contributed by atoms with E-state index in [1.165, 1.54) is 12.1 Å². The lowest BCUT2D eigenvalue weighted by atomic mass is 10.1. The van der Waals surface area contributed by atoms with Crippen molar-refractivity contribution in [2.75, 3.05) is 5.73 Å². The molecule has 21 heavy (non-hydrogen) atoms. The fraction of sp³-hybridized carbons (Fsp3) is 0.200. The van der Waals surface area contributed by atoms with E-state index in [1.807, 2.05) is 37.3 Å². The van der Waals surface area contributed by atoms with Gasteiger partial charge in [0.1, 0.15) is 0 Å². The summed E-state index contributed by atoms with van der Waals surface area (Å²) in [6, 6.07) is 14.2. The normalized spacial score (nSPS) is 13.0. The molecule has 0 saturated carbocycles. The minimum atomic E-state index is -3.57. The van der Waals surface area contributed by atoms with Crippen molar-refractivity contribution in [3.05, 3.63) is 58.6 Å². The van der Waals surface area contributed by atoms with Gasteiger partial charge in [-0.15, -0.1) is 0 Å². The first kappa shape index (κ1) is 16.0. The van der Waals surface area contributed by atoms with Crippen LogP contribution in [0.2, 0.25) is 0 Å². The van der Waals surface area contributed by atoms with Gasteiger partial charge in [-0.3, -0.25) is 0 Å². The van der Waals surface area contributed by atoms with Crippen molar-refractivity contribution in [1.82, 2.24) is 4.72 Å². The molecule has 1 atom stereocenters. The van der Waals surface area contributed by atoms with E-state index in [0.29, 0.717) is 16.6 Å². The maximum atomic E-state index is 12.3. The third-order valence-corrected chi connectivity index (χ3v) is 5.33. The number of anilines is 1. The van der Waals surface area contributed by atoms with Gasteiger partial charge in [0.05, 0.1) is 4.90 Å². The Morgan fingerprint density at radius 1 is 1.19 bits per heavy atom. The summed E-state index contributed by atoms with van der Waals surface area (Å²) in [4.78, 5) is 0.170. The third kappa shape index (κ3) is 4.30. The Kier molecular flexibility index (Phi) is 5.03. The predicted octanol–water partition coefficient (Wildman–Crippen LogP) is 2.94. The molecule has 2 rings (SSSR count). The standard InChI is InChI=1S/C15H17BrN2O2S/c1-11(9-12-5-3-2-4-6-12)18-21(19,20)13-7-8-14(16)15(17)10-13/h2-8,10-11,18H,9,17H2,1H3. The van der Waals surface area contributed by atoms with Crippen LogP contribution in [0, 0.1) is 0 Å². The van der Waals surface area contributed by atoms with Crippen molar-refractivity contribution in [3.63, 3.8) is 0 Å². The molecule has 112 valence electrons. The summed E-state index contributed by atoms with van der Waals surface area (Å²) in [6.45, 7) is 1.84. The van der Waals surface area contributed by atoms with E-state index in [2.05, 4.69) is 20.7 Å². The minimum absolute atomic E-state index is 0.170. The second kappa shape index (κ2) is 6.60. The van der Waals surface area contributed by atoms with Gasteiger partial charge in [0.15, 0.2) is 0 Å². The number of sulfonamides is 1. The zero-order valence-corrected chi connectivity index (χ0v) is 14.0. The lowest BCUT2D eigenvalue weighted by Gasteiger charge is -2.15. The Bertz CT molecular complexity index is 718.